The van der Waals surface area contributed by atoms with Gasteiger partial charge >= 0.3 is 5.97 Å². The minimum Gasteiger partial charge on any atom is -0.497 e. The van der Waals surface area contributed by atoms with Crippen molar-refractivity contribution < 1.29 is 28.8 Å². The van der Waals surface area contributed by atoms with Gasteiger partial charge in [0, 0.05) is 36.3 Å². The fourth-order valence-electron chi connectivity index (χ4n) is 2.40. The lowest BCUT2D eigenvalue weighted by Crippen LogP contribution is -2.21. The van der Waals surface area contributed by atoms with Gasteiger partial charge in [0.2, 0.25) is 5.91 Å². The average molecular weight is 415 g/mol. The summed E-state index contributed by atoms with van der Waals surface area (Å²) in [4.78, 5) is 45.6. The van der Waals surface area contributed by atoms with Crippen LogP contribution in [0.2, 0.25) is 0 Å². The number of hydrogen-bond donors (Lipinski definition) is 2. The molecule has 0 unspecified atom stereocenters. The van der Waals surface area contributed by atoms with E-state index in [1.807, 2.05) is 0 Å². The number of ether oxygens (including phenoxy) is 2. The Morgan fingerprint density at radius 3 is 2.33 bits per heavy atom. The van der Waals surface area contributed by atoms with Crippen LogP contribution in [0.25, 0.3) is 0 Å². The number of nitro benzene ring substituents is 1. The summed E-state index contributed by atoms with van der Waals surface area (Å²) in [6.45, 7) is -0.440. The van der Waals surface area contributed by atoms with Crippen molar-refractivity contribution in [2.75, 3.05) is 24.4 Å². The Hall–Kier alpha value is -3.95. The van der Waals surface area contributed by atoms with Crippen LogP contribution in [0.5, 0.6) is 5.75 Å². The van der Waals surface area contributed by atoms with Crippen LogP contribution >= 0.6 is 0 Å². The zero-order valence-corrected chi connectivity index (χ0v) is 16.3. The fourth-order valence-corrected chi connectivity index (χ4v) is 2.40. The molecule has 0 aliphatic carbocycles. The Morgan fingerprint density at radius 2 is 1.67 bits per heavy atom. The Kier molecular flexibility index (Phi) is 8.30. The summed E-state index contributed by atoms with van der Waals surface area (Å²) < 4.78 is 9.90. The normalized spacial score (nSPS) is 10.0. The summed E-state index contributed by atoms with van der Waals surface area (Å²) in [6, 6.07) is 12.2. The number of carbonyl (C=O) groups excluding carboxylic acids is 3. The first-order valence-corrected chi connectivity index (χ1v) is 9.01. The van der Waals surface area contributed by atoms with Gasteiger partial charge in [-0.15, -0.1) is 0 Å². The predicted octanol–water partition coefficient (Wildman–Crippen LogP) is 2.89. The third kappa shape index (κ3) is 7.58. The quantitative estimate of drug-likeness (QED) is 0.346. The van der Waals surface area contributed by atoms with Crippen molar-refractivity contribution in [2.24, 2.45) is 0 Å². The second-order valence-corrected chi connectivity index (χ2v) is 6.15. The van der Waals surface area contributed by atoms with E-state index in [4.69, 9.17) is 9.47 Å². The molecule has 2 N–H and O–H groups in total. The third-order valence-corrected chi connectivity index (χ3v) is 3.86. The van der Waals surface area contributed by atoms with Crippen molar-refractivity contribution in [3.63, 3.8) is 0 Å². The Balaban J connectivity index is 1.65. The average Bonchev–Trinajstić information content (AvgIpc) is 2.73. The number of anilines is 2. The van der Waals surface area contributed by atoms with Crippen molar-refractivity contribution in [1.82, 2.24) is 0 Å². The molecule has 0 spiro atoms. The smallest absolute Gasteiger partial charge is 0.306 e. The largest absolute Gasteiger partial charge is 0.497 e. The molecule has 0 aromatic heterocycles. The number of esters is 1. The number of hydrogen-bond acceptors (Lipinski definition) is 7. The summed E-state index contributed by atoms with van der Waals surface area (Å²) in [5, 5.41) is 15.8. The van der Waals surface area contributed by atoms with Crippen LogP contribution in [-0.4, -0.2) is 36.4 Å². The number of non-ortho nitro benzene ring substituents is 1. The molecule has 0 bridgehead atoms. The van der Waals surface area contributed by atoms with E-state index in [-0.39, 0.29) is 30.9 Å². The molecule has 0 saturated carbocycles. The molecule has 0 fully saturated rings. The molecular weight excluding hydrogens is 394 g/mol. The molecule has 2 aromatic carbocycles. The van der Waals surface area contributed by atoms with Gasteiger partial charge in [-0.25, -0.2) is 0 Å². The second-order valence-electron chi connectivity index (χ2n) is 6.15. The monoisotopic (exact) mass is 415 g/mol. The molecule has 2 rings (SSSR count). The summed E-state index contributed by atoms with van der Waals surface area (Å²) in [5.41, 5.74) is 0.700. The highest BCUT2D eigenvalue weighted by molar-refractivity contribution is 5.93. The van der Waals surface area contributed by atoms with Gasteiger partial charge in [-0.3, -0.25) is 24.5 Å². The van der Waals surface area contributed by atoms with Gasteiger partial charge in [0.25, 0.3) is 11.6 Å². The van der Waals surface area contributed by atoms with E-state index in [1.165, 1.54) is 31.4 Å². The van der Waals surface area contributed by atoms with E-state index < -0.39 is 23.4 Å². The molecule has 2 amide bonds. The lowest BCUT2D eigenvalue weighted by Gasteiger charge is -2.08. The van der Waals surface area contributed by atoms with Crippen LogP contribution in [0.4, 0.5) is 17.1 Å². The van der Waals surface area contributed by atoms with Gasteiger partial charge in [-0.1, -0.05) is 6.07 Å². The topological polar surface area (TPSA) is 137 Å². The number of amides is 2. The van der Waals surface area contributed by atoms with Crippen molar-refractivity contribution in [3.8, 4) is 5.75 Å². The van der Waals surface area contributed by atoms with Crippen LogP contribution in [-0.2, 0) is 19.1 Å². The standard InChI is InChI=1S/C20H21N3O7/c1-29-17-10-8-14(9-11-17)21-19(25)13-30-20(26)7-3-6-18(24)22-15-4-2-5-16(12-15)23(27)28/h2,4-5,8-12H,3,6-7,13H2,1H3,(H,21,25)(H,22,24). The molecule has 0 heterocycles. The lowest BCUT2D eigenvalue weighted by molar-refractivity contribution is -0.384. The summed E-state index contributed by atoms with van der Waals surface area (Å²) in [6.07, 6.45) is 0.188. The maximum atomic E-state index is 11.9. The molecule has 158 valence electrons. The van der Waals surface area contributed by atoms with E-state index in [0.29, 0.717) is 17.1 Å². The van der Waals surface area contributed by atoms with Crippen LogP contribution in [0.1, 0.15) is 19.3 Å². The van der Waals surface area contributed by atoms with Crippen molar-refractivity contribution in [1.29, 1.82) is 0 Å². The highest BCUT2D eigenvalue weighted by atomic mass is 16.6. The molecule has 0 radical (unpaired) electrons. The van der Waals surface area contributed by atoms with E-state index in [2.05, 4.69) is 10.6 Å². The van der Waals surface area contributed by atoms with Gasteiger partial charge in [-0.05, 0) is 36.8 Å². The SMILES string of the molecule is COc1ccc(NC(=O)COC(=O)CCCC(=O)Nc2cccc([N+](=O)[O-])c2)cc1. The van der Waals surface area contributed by atoms with Crippen LogP contribution in [0.15, 0.2) is 48.5 Å². The first-order chi connectivity index (χ1) is 14.4. The van der Waals surface area contributed by atoms with E-state index in [1.54, 1.807) is 24.3 Å². The number of carbonyl (C=O) groups is 3. The zero-order chi connectivity index (χ0) is 21.9. The maximum Gasteiger partial charge on any atom is 0.306 e. The minimum absolute atomic E-state index is 0.0236. The molecule has 0 atom stereocenters. The highest BCUT2D eigenvalue weighted by Crippen LogP contribution is 2.17. The van der Waals surface area contributed by atoms with Gasteiger partial charge in [0.15, 0.2) is 6.61 Å². The molecule has 0 aliphatic rings. The van der Waals surface area contributed by atoms with Gasteiger partial charge in [0.05, 0.1) is 12.0 Å². The Morgan fingerprint density at radius 1 is 0.967 bits per heavy atom. The minimum atomic E-state index is -0.608. The second kappa shape index (κ2) is 11.1. The molecule has 0 aliphatic heterocycles. The van der Waals surface area contributed by atoms with Crippen LogP contribution in [0.3, 0.4) is 0 Å². The Labute approximate surface area is 172 Å². The fraction of sp³-hybridized carbons (Fsp3) is 0.250. The van der Waals surface area contributed by atoms with Crippen molar-refractivity contribution >= 4 is 34.8 Å². The van der Waals surface area contributed by atoms with Gasteiger partial charge in [0.1, 0.15) is 5.75 Å². The number of methoxy groups -OCH3 is 1. The summed E-state index contributed by atoms with van der Waals surface area (Å²) in [5.74, 6) is -0.838. The third-order valence-electron chi connectivity index (χ3n) is 3.86. The molecule has 30 heavy (non-hydrogen) atoms. The van der Waals surface area contributed by atoms with Crippen LogP contribution in [0, 0.1) is 10.1 Å². The van der Waals surface area contributed by atoms with E-state index >= 15 is 0 Å². The van der Waals surface area contributed by atoms with Gasteiger partial charge in [-0.2, -0.15) is 0 Å². The lowest BCUT2D eigenvalue weighted by atomic mass is 10.2. The number of rotatable bonds is 10. The number of nitrogens with zero attached hydrogens (tertiary/aromatic N) is 1. The molecular formula is C20H21N3O7. The predicted molar refractivity (Wildman–Crippen MR) is 108 cm³/mol. The molecule has 0 saturated heterocycles. The van der Waals surface area contributed by atoms with Gasteiger partial charge < -0.3 is 20.1 Å². The molecule has 2 aromatic rings. The van der Waals surface area contributed by atoms with Crippen molar-refractivity contribution in [3.05, 3.63) is 58.6 Å². The van der Waals surface area contributed by atoms with Crippen LogP contribution < -0.4 is 15.4 Å². The first kappa shape index (κ1) is 22.3. The number of benzene rings is 2. The number of nitro groups is 1. The zero-order valence-electron chi connectivity index (χ0n) is 16.3. The van der Waals surface area contributed by atoms with E-state index in [0.717, 1.165) is 0 Å². The molecule has 10 nitrogen and oxygen atoms in total. The Bertz CT molecular complexity index is 913. The molecule has 10 heteroatoms. The van der Waals surface area contributed by atoms with E-state index in [9.17, 15) is 24.5 Å². The maximum absolute atomic E-state index is 11.9. The number of nitrogens with one attached hydrogen (secondary N) is 2. The summed E-state index contributed by atoms with van der Waals surface area (Å²) >= 11 is 0. The van der Waals surface area contributed by atoms with Crippen molar-refractivity contribution in [2.45, 2.75) is 19.3 Å². The highest BCUT2D eigenvalue weighted by Gasteiger charge is 2.11. The first-order valence-electron chi connectivity index (χ1n) is 9.01. The summed E-state index contributed by atoms with van der Waals surface area (Å²) in [7, 11) is 1.53.